The Morgan fingerprint density at radius 3 is 1.86 bits per heavy atom. The predicted molar refractivity (Wildman–Crippen MR) is 245 cm³/mol. The molecule has 2 unspecified atom stereocenters. The van der Waals surface area contributed by atoms with E-state index in [0.29, 0.717) is 28.3 Å². The summed E-state index contributed by atoms with van der Waals surface area (Å²) in [4.78, 5) is 24.1. The Kier molecular flexibility index (Phi) is 14.3. The Morgan fingerprint density at radius 1 is 0.797 bits per heavy atom. The van der Waals surface area contributed by atoms with Crippen LogP contribution >= 0.6 is 55.1 Å². The van der Waals surface area contributed by atoms with Crippen LogP contribution < -0.4 is 16.0 Å². The summed E-state index contributed by atoms with van der Waals surface area (Å²) in [5, 5.41) is 20.9. The summed E-state index contributed by atoms with van der Waals surface area (Å²) in [6.07, 6.45) is 12.1. The number of fused-ring (bicyclic) bond motifs is 2. The lowest BCUT2D eigenvalue weighted by Crippen LogP contribution is -2.46. The average Bonchev–Trinajstić information content (AvgIpc) is 3.80. The quantitative estimate of drug-likeness (QED) is 0.123. The number of ether oxygens (including phenoxy) is 1. The van der Waals surface area contributed by atoms with Crippen molar-refractivity contribution in [3.8, 4) is 22.5 Å². The van der Waals surface area contributed by atoms with Crippen molar-refractivity contribution in [3.05, 3.63) is 92.0 Å². The van der Waals surface area contributed by atoms with Crippen molar-refractivity contribution >= 4 is 84.1 Å². The number of hydrogen-bond donors (Lipinski definition) is 3. The zero-order valence-electron chi connectivity index (χ0n) is 33.5. The van der Waals surface area contributed by atoms with Gasteiger partial charge in [-0.25, -0.2) is 14.8 Å². The topological polar surface area (TPSA) is 126 Å². The molecular formula is C43H50Br2Cl2N10O2. The minimum atomic E-state index is -0.497. The number of carbonyl (C=O) groups is 1. The standard InChI is InChI=1S/C24H29BrClN5O2.C19H21BrClN5/c1-24(2,3)33-23(32)30-13-7-6-8-16(30)11-12-27-21-14-20(17-9-4-5-10-19(17)26)29-22-18(25)15-28-31(21)22;20-15-12-24-26-18(23-10-8-13-5-3-4-9-22-13)11-17(25-19(15)26)14-6-1-2-7-16(14)21/h4-5,9-10,14-16,27H,6-8,11-13H2,1-3H3;1-2,6-7,11-13,22-23H,3-5,8-10H2. The highest BCUT2D eigenvalue weighted by atomic mass is 79.9. The second-order valence-electron chi connectivity index (χ2n) is 15.9. The third-order valence-electron chi connectivity index (χ3n) is 10.4. The fourth-order valence-electron chi connectivity index (χ4n) is 7.51. The monoisotopic (exact) mass is 966 g/mol. The molecular weight excluding hydrogens is 919 g/mol. The molecule has 0 radical (unpaired) electrons. The zero-order chi connectivity index (χ0) is 41.5. The molecule has 8 rings (SSSR count). The number of rotatable bonds is 10. The van der Waals surface area contributed by atoms with Gasteiger partial charge in [-0.15, -0.1) is 0 Å². The number of piperidine rings is 2. The Morgan fingerprint density at radius 2 is 1.34 bits per heavy atom. The Balaban J connectivity index is 0.000000184. The van der Waals surface area contributed by atoms with Gasteiger partial charge in [0.15, 0.2) is 11.3 Å². The first-order valence-corrected chi connectivity index (χ1v) is 22.6. The molecule has 0 saturated carbocycles. The zero-order valence-corrected chi connectivity index (χ0v) is 38.2. The molecule has 59 heavy (non-hydrogen) atoms. The van der Waals surface area contributed by atoms with Crippen LogP contribution in [0.3, 0.4) is 0 Å². The van der Waals surface area contributed by atoms with Gasteiger partial charge in [0.25, 0.3) is 0 Å². The third kappa shape index (κ3) is 10.9. The molecule has 0 aliphatic carbocycles. The lowest BCUT2D eigenvalue weighted by atomic mass is 10.00. The normalized spacial score (nSPS) is 17.1. The first kappa shape index (κ1) is 43.1. The molecule has 2 atom stereocenters. The number of amides is 1. The van der Waals surface area contributed by atoms with Crippen molar-refractivity contribution in [1.29, 1.82) is 0 Å². The van der Waals surface area contributed by atoms with Gasteiger partial charge in [-0.05, 0) is 116 Å². The first-order valence-electron chi connectivity index (χ1n) is 20.2. The van der Waals surface area contributed by atoms with Gasteiger partial charge < -0.3 is 25.6 Å². The number of anilines is 2. The smallest absolute Gasteiger partial charge is 0.410 e. The van der Waals surface area contributed by atoms with E-state index in [1.54, 1.807) is 16.9 Å². The summed E-state index contributed by atoms with van der Waals surface area (Å²) < 4.78 is 10.9. The summed E-state index contributed by atoms with van der Waals surface area (Å²) in [6, 6.07) is 20.1. The molecule has 0 bridgehead atoms. The fourth-order valence-corrected chi connectivity index (χ4v) is 8.67. The summed E-state index contributed by atoms with van der Waals surface area (Å²) in [6.45, 7) is 9.14. The van der Waals surface area contributed by atoms with E-state index in [2.05, 4.69) is 58.0 Å². The maximum Gasteiger partial charge on any atom is 0.410 e. The Labute approximate surface area is 372 Å². The maximum absolute atomic E-state index is 12.7. The molecule has 2 aliphatic heterocycles. The average molecular weight is 970 g/mol. The van der Waals surface area contributed by atoms with Crippen LogP contribution in [0, 0.1) is 0 Å². The Hall–Kier alpha value is -3.95. The summed E-state index contributed by atoms with van der Waals surface area (Å²) in [5.74, 6) is 1.74. The second kappa shape index (κ2) is 19.6. The van der Waals surface area contributed by atoms with E-state index >= 15 is 0 Å². The number of halogens is 4. The lowest BCUT2D eigenvalue weighted by Gasteiger charge is -2.37. The molecule has 2 fully saturated rings. The molecule has 3 N–H and O–H groups in total. The highest BCUT2D eigenvalue weighted by molar-refractivity contribution is 9.11. The third-order valence-corrected chi connectivity index (χ3v) is 12.2. The molecule has 312 valence electrons. The second-order valence-corrected chi connectivity index (χ2v) is 18.4. The lowest BCUT2D eigenvalue weighted by molar-refractivity contribution is 0.00929. The molecule has 2 aromatic carbocycles. The predicted octanol–water partition coefficient (Wildman–Crippen LogP) is 11.2. The van der Waals surface area contributed by atoms with Gasteiger partial charge in [-0.2, -0.15) is 19.2 Å². The highest BCUT2D eigenvalue weighted by Crippen LogP contribution is 2.32. The first-order chi connectivity index (χ1) is 28.4. The number of likely N-dealkylation sites (tertiary alicyclic amines) is 1. The van der Waals surface area contributed by atoms with Gasteiger partial charge >= 0.3 is 6.09 Å². The summed E-state index contributed by atoms with van der Waals surface area (Å²) in [7, 11) is 0. The minimum Gasteiger partial charge on any atom is -0.444 e. The largest absolute Gasteiger partial charge is 0.444 e. The van der Waals surface area contributed by atoms with Crippen molar-refractivity contribution < 1.29 is 9.53 Å². The van der Waals surface area contributed by atoms with Crippen molar-refractivity contribution in [2.45, 2.75) is 89.8 Å². The molecule has 1 amide bonds. The van der Waals surface area contributed by atoms with Gasteiger partial charge in [-0.3, -0.25) is 0 Å². The van der Waals surface area contributed by atoms with Crippen LogP contribution in [-0.2, 0) is 4.74 Å². The van der Waals surface area contributed by atoms with Gasteiger partial charge in [0.1, 0.15) is 17.2 Å². The number of hydrogen-bond acceptors (Lipinski definition) is 9. The summed E-state index contributed by atoms with van der Waals surface area (Å²) in [5.41, 5.74) is 4.38. The van der Waals surface area contributed by atoms with Crippen molar-refractivity contribution in [2.75, 3.05) is 36.8 Å². The summed E-state index contributed by atoms with van der Waals surface area (Å²) >= 11 is 19.9. The molecule has 0 spiro atoms. The van der Waals surface area contributed by atoms with Gasteiger partial charge in [0.05, 0.1) is 32.7 Å². The van der Waals surface area contributed by atoms with Crippen LogP contribution in [0.1, 0.15) is 72.1 Å². The van der Waals surface area contributed by atoms with Crippen molar-refractivity contribution in [3.63, 3.8) is 0 Å². The van der Waals surface area contributed by atoms with Crippen molar-refractivity contribution in [2.24, 2.45) is 0 Å². The SMILES string of the molecule is CC(C)(C)OC(=O)N1CCCCC1CCNc1cc(-c2ccccc2Cl)nc2c(Br)cnn12.Clc1ccccc1-c1cc(NCCC2CCCCN2)n2ncc(Br)c2n1. The van der Waals surface area contributed by atoms with Crippen LogP contribution in [0.5, 0.6) is 0 Å². The van der Waals surface area contributed by atoms with E-state index in [9.17, 15) is 4.79 Å². The Bertz CT molecular complexity index is 2380. The molecule has 16 heteroatoms. The van der Waals surface area contributed by atoms with E-state index in [1.165, 1.54) is 19.3 Å². The number of aromatic nitrogens is 6. The molecule has 6 heterocycles. The van der Waals surface area contributed by atoms with Crippen LogP contribution in [0.15, 0.2) is 82.0 Å². The van der Waals surface area contributed by atoms with Crippen LogP contribution in [0.4, 0.5) is 16.4 Å². The van der Waals surface area contributed by atoms with E-state index < -0.39 is 5.60 Å². The fraction of sp³-hybridized carbons (Fsp3) is 0.419. The highest BCUT2D eigenvalue weighted by Gasteiger charge is 2.30. The van der Waals surface area contributed by atoms with E-state index in [-0.39, 0.29) is 12.1 Å². The minimum absolute atomic E-state index is 0.144. The number of nitrogens with zero attached hydrogens (tertiary/aromatic N) is 7. The maximum atomic E-state index is 12.7. The van der Waals surface area contributed by atoms with E-state index in [1.807, 2.05) is 90.9 Å². The van der Waals surface area contributed by atoms with Crippen LogP contribution in [0.25, 0.3) is 33.8 Å². The number of benzene rings is 2. The van der Waals surface area contributed by atoms with Crippen LogP contribution in [0.2, 0.25) is 10.0 Å². The number of carbonyl (C=O) groups excluding carboxylic acids is 1. The van der Waals surface area contributed by atoms with Gasteiger partial charge in [-0.1, -0.05) is 66.0 Å². The van der Waals surface area contributed by atoms with Crippen molar-refractivity contribution in [1.82, 2.24) is 39.4 Å². The van der Waals surface area contributed by atoms with Gasteiger partial charge in [0.2, 0.25) is 0 Å². The molecule has 4 aromatic heterocycles. The molecule has 6 aromatic rings. The molecule has 2 saturated heterocycles. The van der Waals surface area contributed by atoms with Gasteiger partial charge in [0, 0.05) is 65.0 Å². The molecule has 2 aliphatic rings. The van der Waals surface area contributed by atoms with Crippen LogP contribution in [-0.4, -0.2) is 84.1 Å². The van der Waals surface area contributed by atoms with E-state index in [4.69, 9.17) is 37.9 Å². The van der Waals surface area contributed by atoms with E-state index in [0.717, 1.165) is 100 Å². The molecule has 12 nitrogen and oxygen atoms in total. The number of nitrogens with one attached hydrogen (secondary N) is 3.